The van der Waals surface area contributed by atoms with Crippen LogP contribution in [0.25, 0.3) is 10.8 Å². The first-order chi connectivity index (χ1) is 24.9. The molecule has 0 saturated heterocycles. The number of halogens is 1. The Labute approximate surface area is 304 Å². The zero-order valence-corrected chi connectivity index (χ0v) is 30.7. The van der Waals surface area contributed by atoms with Gasteiger partial charge in [-0.05, 0) is 87.0 Å². The second-order valence-electron chi connectivity index (χ2n) is 13.4. The quantitative estimate of drug-likeness (QED) is 0.182. The highest BCUT2D eigenvalue weighted by atomic mass is 32.2. The molecule has 0 saturated carbocycles. The molecule has 4 aromatic carbocycles. The molecule has 1 heterocycles. The Balaban J connectivity index is 1.41. The van der Waals surface area contributed by atoms with Crippen LogP contribution in [-0.4, -0.2) is 86.3 Å². The number of nitrogens with zero attached hydrogens (tertiary/aromatic N) is 2. The SMILES string of the molecule is C[C@@H]1CCCCO[C@H](CN(C)S(=O)(=O)c2ccc(F)cc2)[C@@H](C)CN([C@@H](C)CO)C(=O)c2cc(NC(=O)Nc3cccc4ccccc34)ccc2O1. The number of anilines is 2. The number of likely N-dealkylation sites (N-methyl/N-ethyl adjacent to an activating group) is 1. The van der Waals surface area contributed by atoms with Gasteiger partial charge in [0.05, 0.1) is 41.0 Å². The molecular weight excluding hydrogens is 688 g/mol. The molecule has 5 rings (SSSR count). The number of carbonyl (C=O) groups excluding carboxylic acids is 2. The summed E-state index contributed by atoms with van der Waals surface area (Å²) in [7, 11) is -2.52. The molecule has 0 aliphatic carbocycles. The summed E-state index contributed by atoms with van der Waals surface area (Å²) in [6.07, 6.45) is 1.25. The molecule has 4 atom stereocenters. The van der Waals surface area contributed by atoms with Gasteiger partial charge in [-0.25, -0.2) is 17.6 Å². The predicted molar refractivity (Wildman–Crippen MR) is 200 cm³/mol. The van der Waals surface area contributed by atoms with Crippen molar-refractivity contribution < 1.29 is 37.0 Å². The number of aliphatic hydroxyl groups is 1. The lowest BCUT2D eigenvalue weighted by molar-refractivity contribution is -0.00834. The Hall–Kier alpha value is -4.56. The lowest BCUT2D eigenvalue weighted by Gasteiger charge is -2.35. The fraction of sp³-hybridized carbons (Fsp3) is 0.385. The number of urea groups is 1. The van der Waals surface area contributed by atoms with Crippen LogP contribution in [0.5, 0.6) is 5.75 Å². The van der Waals surface area contributed by atoms with Gasteiger partial charge < -0.3 is 30.1 Å². The van der Waals surface area contributed by atoms with Gasteiger partial charge in [0.2, 0.25) is 10.0 Å². The fourth-order valence-corrected chi connectivity index (χ4v) is 7.40. The molecule has 52 heavy (non-hydrogen) atoms. The number of benzene rings is 4. The van der Waals surface area contributed by atoms with E-state index in [0.717, 1.165) is 29.3 Å². The smallest absolute Gasteiger partial charge is 0.323 e. The number of hydrogen-bond acceptors (Lipinski definition) is 7. The standard InChI is InChI=1S/C39H47FN4O7S/c1-26-23-44(27(2)25-45)38(46)34-22-31(41-39(47)42-35-14-9-12-29-11-5-6-13-33(29)35)17-20-36(34)51-28(3)10-7-8-21-50-37(26)24-43(4)52(48,49)32-18-15-30(40)16-19-32/h5-6,9,11-20,22,26-28,37,45H,7-8,10,21,23-25H2,1-4H3,(H2,41,42,47)/t26-,27-,28+,37+/m0/s1. The van der Waals surface area contributed by atoms with Crippen LogP contribution >= 0.6 is 0 Å². The highest BCUT2D eigenvalue weighted by molar-refractivity contribution is 7.89. The third-order valence-corrected chi connectivity index (χ3v) is 11.1. The summed E-state index contributed by atoms with van der Waals surface area (Å²) in [6, 6.07) is 21.8. The number of ether oxygens (including phenoxy) is 2. The van der Waals surface area contributed by atoms with Gasteiger partial charge in [-0.2, -0.15) is 4.31 Å². The molecule has 11 nitrogen and oxygen atoms in total. The Morgan fingerprint density at radius 1 is 1.02 bits per heavy atom. The molecule has 0 aromatic heterocycles. The largest absolute Gasteiger partial charge is 0.490 e. The van der Waals surface area contributed by atoms with Crippen molar-refractivity contribution in [2.75, 3.05) is 44.0 Å². The van der Waals surface area contributed by atoms with E-state index < -0.39 is 39.9 Å². The third kappa shape index (κ3) is 9.45. The van der Waals surface area contributed by atoms with Crippen molar-refractivity contribution in [3.63, 3.8) is 0 Å². The van der Waals surface area contributed by atoms with Gasteiger partial charge in [0.25, 0.3) is 5.91 Å². The molecule has 13 heteroatoms. The molecule has 0 unspecified atom stereocenters. The van der Waals surface area contributed by atoms with Crippen LogP contribution in [0.2, 0.25) is 0 Å². The Morgan fingerprint density at radius 2 is 1.75 bits per heavy atom. The average molecular weight is 735 g/mol. The van der Waals surface area contributed by atoms with Crippen LogP contribution in [-0.2, 0) is 14.8 Å². The van der Waals surface area contributed by atoms with Crippen molar-refractivity contribution in [1.29, 1.82) is 0 Å². The summed E-state index contributed by atoms with van der Waals surface area (Å²) in [6.45, 7) is 5.63. The maximum absolute atomic E-state index is 14.5. The highest BCUT2D eigenvalue weighted by Crippen LogP contribution is 2.30. The zero-order chi connectivity index (χ0) is 37.4. The van der Waals surface area contributed by atoms with Crippen molar-refractivity contribution >= 4 is 44.1 Å². The van der Waals surface area contributed by atoms with E-state index in [-0.39, 0.29) is 42.2 Å². The van der Waals surface area contributed by atoms with Gasteiger partial charge >= 0.3 is 6.03 Å². The van der Waals surface area contributed by atoms with Gasteiger partial charge in [0, 0.05) is 43.7 Å². The van der Waals surface area contributed by atoms with E-state index in [0.29, 0.717) is 36.6 Å². The fourth-order valence-electron chi connectivity index (χ4n) is 6.22. The topological polar surface area (TPSA) is 138 Å². The van der Waals surface area contributed by atoms with Gasteiger partial charge in [0.15, 0.2) is 0 Å². The van der Waals surface area contributed by atoms with E-state index in [9.17, 15) is 27.5 Å². The van der Waals surface area contributed by atoms with Crippen LogP contribution in [0.15, 0.2) is 89.8 Å². The number of carbonyl (C=O) groups is 2. The first kappa shape index (κ1) is 38.7. The molecule has 0 radical (unpaired) electrons. The van der Waals surface area contributed by atoms with E-state index in [1.54, 1.807) is 25.1 Å². The van der Waals surface area contributed by atoms with Crippen LogP contribution in [0.1, 0.15) is 50.4 Å². The minimum absolute atomic E-state index is 0.0214. The number of nitrogens with one attached hydrogen (secondary N) is 2. The Kier molecular flexibility index (Phi) is 12.9. The van der Waals surface area contributed by atoms with Crippen molar-refractivity contribution in [2.24, 2.45) is 5.92 Å². The van der Waals surface area contributed by atoms with E-state index in [1.807, 2.05) is 56.3 Å². The molecule has 278 valence electrons. The molecule has 0 bridgehead atoms. The van der Waals surface area contributed by atoms with Crippen LogP contribution in [0.4, 0.5) is 20.6 Å². The summed E-state index contributed by atoms with van der Waals surface area (Å²) in [5, 5.41) is 17.9. The minimum atomic E-state index is -3.97. The van der Waals surface area contributed by atoms with Crippen molar-refractivity contribution in [1.82, 2.24) is 9.21 Å². The maximum Gasteiger partial charge on any atom is 0.323 e. The molecule has 1 aliphatic rings. The molecule has 0 spiro atoms. The number of aliphatic hydroxyl groups excluding tert-OH is 1. The van der Waals surface area contributed by atoms with Crippen LogP contribution < -0.4 is 15.4 Å². The first-order valence-corrected chi connectivity index (χ1v) is 18.9. The molecular formula is C39H47FN4O7S. The lowest BCUT2D eigenvalue weighted by Crippen LogP contribution is -2.48. The normalized spacial score (nSPS) is 19.7. The second-order valence-corrected chi connectivity index (χ2v) is 15.4. The Morgan fingerprint density at radius 3 is 2.50 bits per heavy atom. The van der Waals surface area contributed by atoms with Crippen molar-refractivity contribution in [3.05, 3.63) is 96.3 Å². The third-order valence-electron chi connectivity index (χ3n) is 9.31. The summed E-state index contributed by atoms with van der Waals surface area (Å²) in [5.41, 5.74) is 1.19. The molecule has 0 fully saturated rings. The number of amides is 3. The van der Waals surface area contributed by atoms with Crippen molar-refractivity contribution in [3.8, 4) is 5.75 Å². The zero-order valence-electron chi connectivity index (χ0n) is 29.9. The van der Waals surface area contributed by atoms with Gasteiger partial charge in [0.1, 0.15) is 11.6 Å². The monoisotopic (exact) mass is 734 g/mol. The van der Waals surface area contributed by atoms with E-state index in [1.165, 1.54) is 28.4 Å². The van der Waals surface area contributed by atoms with Gasteiger partial charge in [-0.15, -0.1) is 0 Å². The summed E-state index contributed by atoms with van der Waals surface area (Å²) in [5.74, 6) is -1.02. The van der Waals surface area contributed by atoms with Crippen molar-refractivity contribution in [2.45, 2.75) is 63.2 Å². The predicted octanol–water partition coefficient (Wildman–Crippen LogP) is 6.74. The number of fused-ring (bicyclic) bond motifs is 2. The summed E-state index contributed by atoms with van der Waals surface area (Å²) >= 11 is 0. The van der Waals surface area contributed by atoms with E-state index in [2.05, 4.69) is 10.6 Å². The average Bonchev–Trinajstić information content (AvgIpc) is 3.13. The van der Waals surface area contributed by atoms with Gasteiger partial charge in [-0.1, -0.05) is 43.3 Å². The van der Waals surface area contributed by atoms with Crippen LogP contribution in [0.3, 0.4) is 0 Å². The summed E-state index contributed by atoms with van der Waals surface area (Å²) in [4.78, 5) is 29.1. The Bertz CT molecular complexity index is 1950. The number of sulfonamides is 1. The summed E-state index contributed by atoms with van der Waals surface area (Å²) < 4.78 is 54.1. The highest BCUT2D eigenvalue weighted by Gasteiger charge is 2.32. The number of hydrogen-bond donors (Lipinski definition) is 3. The lowest BCUT2D eigenvalue weighted by atomic mass is 10.0. The molecule has 4 aromatic rings. The molecule has 1 aliphatic heterocycles. The maximum atomic E-state index is 14.5. The molecule has 3 N–H and O–H groups in total. The van der Waals surface area contributed by atoms with E-state index in [4.69, 9.17) is 9.47 Å². The first-order valence-electron chi connectivity index (χ1n) is 17.5. The van der Waals surface area contributed by atoms with E-state index >= 15 is 0 Å². The molecule has 3 amide bonds. The minimum Gasteiger partial charge on any atom is -0.490 e. The van der Waals surface area contributed by atoms with Gasteiger partial charge in [-0.3, -0.25) is 4.79 Å². The second kappa shape index (κ2) is 17.3. The van der Waals surface area contributed by atoms with Crippen LogP contribution in [0, 0.1) is 11.7 Å². The number of rotatable bonds is 8.